The second kappa shape index (κ2) is 7.45. The maximum atomic E-state index is 12.8. The van der Waals surface area contributed by atoms with Gasteiger partial charge in [0.25, 0.3) is 5.91 Å². The van der Waals surface area contributed by atoms with Crippen LogP contribution in [0.3, 0.4) is 0 Å². The zero-order valence-corrected chi connectivity index (χ0v) is 15.1. The topological polar surface area (TPSA) is 71.7 Å². The molecule has 0 unspecified atom stereocenters. The molecule has 2 aromatic rings. The first kappa shape index (κ1) is 17.0. The summed E-state index contributed by atoms with van der Waals surface area (Å²) in [5.74, 6) is 2.71. The first-order valence-corrected chi connectivity index (χ1v) is 9.30. The fourth-order valence-corrected chi connectivity index (χ4v) is 3.24. The molecule has 1 aromatic carbocycles. The number of para-hydroxylation sites is 1. The molecule has 1 amide bonds. The van der Waals surface area contributed by atoms with Crippen molar-refractivity contribution in [2.75, 3.05) is 32.8 Å². The first-order chi connectivity index (χ1) is 12.7. The smallest absolute Gasteiger partial charge is 0.257 e. The average Bonchev–Trinajstić information content (AvgIpc) is 3.42. The summed E-state index contributed by atoms with van der Waals surface area (Å²) in [4.78, 5) is 21.5. The van der Waals surface area contributed by atoms with Crippen molar-refractivity contribution in [2.24, 2.45) is 0 Å². The summed E-state index contributed by atoms with van der Waals surface area (Å²) in [6.07, 6.45) is 2.34. The van der Waals surface area contributed by atoms with Crippen molar-refractivity contribution in [2.45, 2.75) is 32.2 Å². The largest absolute Gasteiger partial charge is 0.493 e. The van der Waals surface area contributed by atoms with Crippen LogP contribution in [0.4, 0.5) is 0 Å². The maximum absolute atomic E-state index is 12.8. The summed E-state index contributed by atoms with van der Waals surface area (Å²) in [5, 5.41) is 4.06. The lowest BCUT2D eigenvalue weighted by atomic mass is 10.1. The van der Waals surface area contributed by atoms with Crippen molar-refractivity contribution in [3.63, 3.8) is 0 Å². The highest BCUT2D eigenvalue weighted by Gasteiger charge is 2.29. The number of ether oxygens (including phenoxy) is 1. The predicted octanol–water partition coefficient (Wildman–Crippen LogP) is 2.30. The summed E-state index contributed by atoms with van der Waals surface area (Å²) < 4.78 is 10.9. The number of carbonyl (C=O) groups excluding carboxylic acids is 1. The lowest BCUT2D eigenvalue weighted by Crippen LogP contribution is -2.48. The summed E-state index contributed by atoms with van der Waals surface area (Å²) in [5.41, 5.74) is 0.633. The van der Waals surface area contributed by atoms with Crippen LogP contribution < -0.4 is 4.74 Å². The fourth-order valence-electron chi connectivity index (χ4n) is 3.24. The lowest BCUT2D eigenvalue weighted by molar-refractivity contribution is 0.0611. The molecule has 4 rings (SSSR count). The Bertz CT molecular complexity index is 764. The number of aromatic nitrogens is 2. The third-order valence-corrected chi connectivity index (χ3v) is 4.86. The molecular formula is C19H24N4O3. The third kappa shape index (κ3) is 3.72. The number of amides is 1. The molecule has 2 fully saturated rings. The van der Waals surface area contributed by atoms with Gasteiger partial charge in [-0.3, -0.25) is 9.69 Å². The molecule has 1 aliphatic carbocycles. The second-order valence-corrected chi connectivity index (χ2v) is 6.82. The van der Waals surface area contributed by atoms with Gasteiger partial charge in [0.05, 0.1) is 18.7 Å². The molecule has 0 N–H and O–H groups in total. The van der Waals surface area contributed by atoms with Crippen LogP contribution in [0.25, 0.3) is 0 Å². The Labute approximate surface area is 152 Å². The predicted molar refractivity (Wildman–Crippen MR) is 95.1 cm³/mol. The molecule has 2 aliphatic rings. The number of nitrogens with zero attached hydrogens (tertiary/aromatic N) is 4. The van der Waals surface area contributed by atoms with Crippen molar-refractivity contribution in [1.29, 1.82) is 0 Å². The maximum Gasteiger partial charge on any atom is 0.257 e. The molecule has 0 atom stereocenters. The van der Waals surface area contributed by atoms with E-state index in [2.05, 4.69) is 15.0 Å². The van der Waals surface area contributed by atoms with E-state index in [1.165, 1.54) is 12.8 Å². The van der Waals surface area contributed by atoms with Crippen LogP contribution in [0.5, 0.6) is 5.75 Å². The van der Waals surface area contributed by atoms with E-state index in [-0.39, 0.29) is 5.91 Å². The van der Waals surface area contributed by atoms with Crippen LogP contribution in [0, 0.1) is 0 Å². The van der Waals surface area contributed by atoms with Crippen molar-refractivity contribution in [3.05, 3.63) is 41.5 Å². The number of piperazine rings is 1. The lowest BCUT2D eigenvalue weighted by Gasteiger charge is -2.34. The van der Waals surface area contributed by atoms with Gasteiger partial charge in [-0.15, -0.1) is 0 Å². The number of hydrogen-bond acceptors (Lipinski definition) is 6. The van der Waals surface area contributed by atoms with Gasteiger partial charge in [0.15, 0.2) is 5.82 Å². The molecular weight excluding hydrogens is 332 g/mol. The average molecular weight is 356 g/mol. The molecule has 0 bridgehead atoms. The molecule has 1 saturated heterocycles. The van der Waals surface area contributed by atoms with E-state index in [1.54, 1.807) is 0 Å². The van der Waals surface area contributed by atoms with Gasteiger partial charge in [-0.1, -0.05) is 17.3 Å². The van der Waals surface area contributed by atoms with Gasteiger partial charge in [0.2, 0.25) is 5.89 Å². The van der Waals surface area contributed by atoms with Crippen molar-refractivity contribution < 1.29 is 14.1 Å². The van der Waals surface area contributed by atoms with Crippen LogP contribution in [-0.2, 0) is 6.54 Å². The molecule has 26 heavy (non-hydrogen) atoms. The van der Waals surface area contributed by atoms with Gasteiger partial charge in [-0.05, 0) is 31.9 Å². The SMILES string of the molecule is CCOc1ccccc1C(=O)N1CCN(Cc2nc(C3CC3)no2)CC1. The van der Waals surface area contributed by atoms with E-state index in [9.17, 15) is 4.79 Å². The Kier molecular flexibility index (Phi) is 4.88. The Balaban J connectivity index is 1.33. The normalized spacial score (nSPS) is 18.1. The van der Waals surface area contributed by atoms with Gasteiger partial charge in [-0.25, -0.2) is 0 Å². The van der Waals surface area contributed by atoms with E-state index in [4.69, 9.17) is 9.26 Å². The Hall–Kier alpha value is -2.41. The van der Waals surface area contributed by atoms with E-state index >= 15 is 0 Å². The monoisotopic (exact) mass is 356 g/mol. The zero-order chi connectivity index (χ0) is 17.9. The molecule has 138 valence electrons. The minimum Gasteiger partial charge on any atom is -0.493 e. The fraction of sp³-hybridized carbons (Fsp3) is 0.526. The van der Waals surface area contributed by atoms with Crippen LogP contribution in [0.1, 0.15) is 47.8 Å². The first-order valence-electron chi connectivity index (χ1n) is 9.30. The summed E-state index contributed by atoms with van der Waals surface area (Å²) in [6, 6.07) is 7.44. The quantitative estimate of drug-likeness (QED) is 0.791. The summed E-state index contributed by atoms with van der Waals surface area (Å²) >= 11 is 0. The molecule has 0 radical (unpaired) electrons. The molecule has 0 spiro atoms. The third-order valence-electron chi connectivity index (χ3n) is 4.86. The highest BCUT2D eigenvalue weighted by atomic mass is 16.5. The van der Waals surface area contributed by atoms with Crippen molar-refractivity contribution >= 4 is 5.91 Å². The van der Waals surface area contributed by atoms with E-state index in [0.29, 0.717) is 49.4 Å². The second-order valence-electron chi connectivity index (χ2n) is 6.82. The molecule has 7 heteroatoms. The zero-order valence-electron chi connectivity index (χ0n) is 15.1. The molecule has 1 aliphatic heterocycles. The van der Waals surface area contributed by atoms with E-state index in [0.717, 1.165) is 18.9 Å². The van der Waals surface area contributed by atoms with Gasteiger partial charge in [0, 0.05) is 32.1 Å². The molecule has 1 aromatic heterocycles. The van der Waals surface area contributed by atoms with Crippen LogP contribution in [0.2, 0.25) is 0 Å². The van der Waals surface area contributed by atoms with Crippen LogP contribution in [-0.4, -0.2) is 58.6 Å². The standard InChI is InChI=1S/C19H24N4O3/c1-2-25-16-6-4-3-5-15(16)19(24)23-11-9-22(10-12-23)13-17-20-18(21-26-17)14-7-8-14/h3-6,14H,2,7-13H2,1H3. The molecule has 1 saturated carbocycles. The number of benzene rings is 1. The highest BCUT2D eigenvalue weighted by Crippen LogP contribution is 2.38. The minimum atomic E-state index is 0.0301. The van der Waals surface area contributed by atoms with E-state index in [1.807, 2.05) is 36.1 Å². The number of hydrogen-bond donors (Lipinski definition) is 0. The van der Waals surface area contributed by atoms with Gasteiger partial charge >= 0.3 is 0 Å². The van der Waals surface area contributed by atoms with Crippen molar-refractivity contribution in [3.8, 4) is 5.75 Å². The van der Waals surface area contributed by atoms with Gasteiger partial charge < -0.3 is 14.2 Å². The van der Waals surface area contributed by atoms with Crippen LogP contribution in [0.15, 0.2) is 28.8 Å². The van der Waals surface area contributed by atoms with Crippen molar-refractivity contribution in [1.82, 2.24) is 19.9 Å². The minimum absolute atomic E-state index is 0.0301. The highest BCUT2D eigenvalue weighted by molar-refractivity contribution is 5.97. The molecule has 7 nitrogen and oxygen atoms in total. The Morgan fingerprint density at radius 2 is 2.00 bits per heavy atom. The van der Waals surface area contributed by atoms with Crippen LogP contribution >= 0.6 is 0 Å². The summed E-state index contributed by atoms with van der Waals surface area (Å²) in [6.45, 7) is 6.08. The van der Waals surface area contributed by atoms with Gasteiger partial charge in [-0.2, -0.15) is 4.98 Å². The van der Waals surface area contributed by atoms with E-state index < -0.39 is 0 Å². The molecule has 2 heterocycles. The Morgan fingerprint density at radius 1 is 1.23 bits per heavy atom. The number of carbonyl (C=O) groups is 1. The summed E-state index contributed by atoms with van der Waals surface area (Å²) in [7, 11) is 0. The number of rotatable bonds is 6. The van der Waals surface area contributed by atoms with Gasteiger partial charge in [0.1, 0.15) is 5.75 Å². The Morgan fingerprint density at radius 3 is 2.73 bits per heavy atom.